The number of hydrogen-bond acceptors (Lipinski definition) is 5. The van der Waals surface area contributed by atoms with Crippen molar-refractivity contribution >= 4 is 28.9 Å². The first kappa shape index (κ1) is 17.7. The highest BCUT2D eigenvalue weighted by atomic mass is 32.2. The quantitative estimate of drug-likeness (QED) is 0.760. The molecule has 0 aromatic heterocycles. The van der Waals surface area contributed by atoms with Gasteiger partial charge in [0.25, 0.3) is 5.91 Å². The molecule has 0 aliphatic carbocycles. The predicted octanol–water partition coefficient (Wildman–Crippen LogP) is 3.73. The predicted molar refractivity (Wildman–Crippen MR) is 108 cm³/mol. The van der Waals surface area contributed by atoms with E-state index < -0.39 is 0 Å². The number of amidine groups is 1. The van der Waals surface area contributed by atoms with Gasteiger partial charge in [0.2, 0.25) is 0 Å². The fourth-order valence-corrected chi connectivity index (χ4v) is 4.21. The minimum absolute atomic E-state index is 0.210. The van der Waals surface area contributed by atoms with Crippen LogP contribution in [0.1, 0.15) is 16.7 Å². The first-order valence-corrected chi connectivity index (χ1v) is 9.56. The molecule has 2 aromatic carbocycles. The summed E-state index contributed by atoms with van der Waals surface area (Å²) in [6.07, 6.45) is 2.79. The fraction of sp³-hybridized carbons (Fsp3) is 0.238. The standard InChI is InChI=1S/C21H20N2O3S/c1-25-17-7-8-18(26-2)16(11-17)12-19-20(24)22-21(27-19)23-10-9-14-5-3-4-6-15(14)13-23/h3-8,11-12H,9-10,13H2,1-2H3/b19-12+. The van der Waals surface area contributed by atoms with Gasteiger partial charge in [0.05, 0.1) is 19.1 Å². The van der Waals surface area contributed by atoms with Crippen molar-refractivity contribution in [2.24, 2.45) is 4.99 Å². The maximum absolute atomic E-state index is 12.5. The average Bonchev–Trinajstić information content (AvgIpc) is 3.08. The first-order valence-electron chi connectivity index (χ1n) is 8.74. The van der Waals surface area contributed by atoms with Crippen LogP contribution in [0, 0.1) is 0 Å². The number of amides is 1. The number of rotatable bonds is 3. The van der Waals surface area contributed by atoms with Crippen LogP contribution in [0.5, 0.6) is 11.5 Å². The lowest BCUT2D eigenvalue weighted by atomic mass is 10.0. The largest absolute Gasteiger partial charge is 0.497 e. The monoisotopic (exact) mass is 380 g/mol. The van der Waals surface area contributed by atoms with Crippen molar-refractivity contribution in [1.82, 2.24) is 4.90 Å². The summed E-state index contributed by atoms with van der Waals surface area (Å²) < 4.78 is 10.7. The summed E-state index contributed by atoms with van der Waals surface area (Å²) in [6, 6.07) is 14.0. The van der Waals surface area contributed by atoms with Crippen molar-refractivity contribution < 1.29 is 14.3 Å². The van der Waals surface area contributed by atoms with E-state index in [4.69, 9.17) is 9.47 Å². The van der Waals surface area contributed by atoms with Crippen molar-refractivity contribution in [3.05, 3.63) is 64.1 Å². The lowest BCUT2D eigenvalue weighted by Gasteiger charge is -2.29. The summed E-state index contributed by atoms with van der Waals surface area (Å²) in [4.78, 5) is 19.5. The molecule has 1 amide bonds. The van der Waals surface area contributed by atoms with Crippen LogP contribution in [-0.2, 0) is 17.8 Å². The lowest BCUT2D eigenvalue weighted by Crippen LogP contribution is -2.33. The van der Waals surface area contributed by atoms with E-state index >= 15 is 0 Å². The van der Waals surface area contributed by atoms with Crippen molar-refractivity contribution in [3.8, 4) is 11.5 Å². The molecule has 0 bridgehead atoms. The molecular formula is C21H20N2O3S. The summed E-state index contributed by atoms with van der Waals surface area (Å²) >= 11 is 1.42. The molecule has 0 radical (unpaired) electrons. The molecule has 2 aromatic rings. The number of carbonyl (C=O) groups is 1. The summed E-state index contributed by atoms with van der Waals surface area (Å²) in [5, 5.41) is 0.766. The topological polar surface area (TPSA) is 51.1 Å². The van der Waals surface area contributed by atoms with E-state index in [0.29, 0.717) is 16.4 Å². The second-order valence-corrected chi connectivity index (χ2v) is 7.37. The van der Waals surface area contributed by atoms with Crippen LogP contribution in [0.2, 0.25) is 0 Å². The SMILES string of the molecule is COc1ccc(OC)c(/C=C2/SC(N3CCc4ccccc4C3)=NC2=O)c1. The van der Waals surface area contributed by atoms with Gasteiger partial charge in [0, 0.05) is 18.7 Å². The minimum atomic E-state index is -0.210. The van der Waals surface area contributed by atoms with Gasteiger partial charge in [0.15, 0.2) is 5.17 Å². The van der Waals surface area contributed by atoms with Crippen molar-refractivity contribution in [2.45, 2.75) is 13.0 Å². The number of aliphatic imine (C=N–C) groups is 1. The molecule has 2 aliphatic rings. The molecule has 0 unspecified atom stereocenters. The Hall–Kier alpha value is -2.73. The van der Waals surface area contributed by atoms with Crippen LogP contribution in [0.3, 0.4) is 0 Å². The van der Waals surface area contributed by atoms with E-state index in [1.807, 2.05) is 24.3 Å². The van der Waals surface area contributed by atoms with Crippen molar-refractivity contribution in [3.63, 3.8) is 0 Å². The molecule has 6 heteroatoms. The molecule has 0 fully saturated rings. The van der Waals surface area contributed by atoms with Gasteiger partial charge in [-0.15, -0.1) is 0 Å². The lowest BCUT2D eigenvalue weighted by molar-refractivity contribution is -0.113. The van der Waals surface area contributed by atoms with E-state index in [-0.39, 0.29) is 5.91 Å². The molecule has 5 nitrogen and oxygen atoms in total. The van der Waals surface area contributed by atoms with E-state index in [2.05, 4.69) is 34.2 Å². The summed E-state index contributed by atoms with van der Waals surface area (Å²) in [7, 11) is 3.23. The molecule has 0 N–H and O–H groups in total. The normalized spacial score (nSPS) is 17.7. The van der Waals surface area contributed by atoms with Gasteiger partial charge in [-0.2, -0.15) is 4.99 Å². The molecule has 4 rings (SSSR count). The second kappa shape index (κ2) is 7.48. The molecule has 0 saturated heterocycles. The Bertz CT molecular complexity index is 952. The van der Waals surface area contributed by atoms with Gasteiger partial charge in [-0.25, -0.2) is 0 Å². The van der Waals surface area contributed by atoms with E-state index in [9.17, 15) is 4.79 Å². The Labute approximate surface area is 162 Å². The Morgan fingerprint density at radius 3 is 2.70 bits per heavy atom. The van der Waals surface area contributed by atoms with Gasteiger partial charge < -0.3 is 14.4 Å². The Kier molecular flexibility index (Phi) is 4.90. The second-order valence-electron chi connectivity index (χ2n) is 6.36. The van der Waals surface area contributed by atoms with Crippen LogP contribution in [0.4, 0.5) is 0 Å². The maximum Gasteiger partial charge on any atom is 0.286 e. The highest BCUT2D eigenvalue weighted by molar-refractivity contribution is 8.18. The summed E-state index contributed by atoms with van der Waals surface area (Å²) in [5.74, 6) is 1.20. The molecule has 0 atom stereocenters. The number of thioether (sulfide) groups is 1. The first-order chi connectivity index (χ1) is 13.2. The molecule has 2 heterocycles. The number of carbonyl (C=O) groups excluding carboxylic acids is 1. The zero-order valence-corrected chi connectivity index (χ0v) is 16.1. The Balaban J connectivity index is 1.56. The van der Waals surface area contributed by atoms with Gasteiger partial charge in [-0.1, -0.05) is 24.3 Å². The molecule has 0 spiro atoms. The van der Waals surface area contributed by atoms with Crippen LogP contribution in [0.15, 0.2) is 52.4 Å². The number of fused-ring (bicyclic) bond motifs is 1. The summed E-state index contributed by atoms with van der Waals surface area (Å²) in [5.41, 5.74) is 3.47. The maximum atomic E-state index is 12.5. The van der Waals surface area contributed by atoms with Crippen LogP contribution >= 0.6 is 11.8 Å². The minimum Gasteiger partial charge on any atom is -0.497 e. The zero-order valence-electron chi connectivity index (χ0n) is 15.3. The number of nitrogens with zero attached hydrogens (tertiary/aromatic N) is 2. The molecular weight excluding hydrogens is 360 g/mol. The van der Waals surface area contributed by atoms with E-state index in [1.54, 1.807) is 14.2 Å². The molecule has 2 aliphatic heterocycles. The smallest absolute Gasteiger partial charge is 0.286 e. The fourth-order valence-electron chi connectivity index (χ4n) is 3.29. The number of ether oxygens (including phenoxy) is 2. The molecule has 0 saturated carbocycles. The zero-order chi connectivity index (χ0) is 18.8. The van der Waals surface area contributed by atoms with Crippen LogP contribution < -0.4 is 9.47 Å². The Morgan fingerprint density at radius 1 is 1.11 bits per heavy atom. The van der Waals surface area contributed by atoms with E-state index in [0.717, 1.165) is 30.2 Å². The average molecular weight is 380 g/mol. The van der Waals surface area contributed by atoms with Crippen molar-refractivity contribution in [2.75, 3.05) is 20.8 Å². The number of methoxy groups -OCH3 is 2. The highest BCUT2D eigenvalue weighted by Crippen LogP contribution is 2.35. The third-order valence-corrected chi connectivity index (χ3v) is 5.78. The third-order valence-electron chi connectivity index (χ3n) is 4.73. The van der Waals surface area contributed by atoms with Gasteiger partial charge in [-0.3, -0.25) is 4.79 Å². The Morgan fingerprint density at radius 2 is 1.93 bits per heavy atom. The van der Waals surface area contributed by atoms with Gasteiger partial charge in [0.1, 0.15) is 11.5 Å². The molecule has 138 valence electrons. The van der Waals surface area contributed by atoms with Crippen LogP contribution in [-0.4, -0.2) is 36.7 Å². The summed E-state index contributed by atoms with van der Waals surface area (Å²) in [6.45, 7) is 1.65. The third kappa shape index (κ3) is 3.57. The van der Waals surface area contributed by atoms with Gasteiger partial charge in [-0.05, 0) is 53.6 Å². The number of benzene rings is 2. The van der Waals surface area contributed by atoms with Crippen LogP contribution in [0.25, 0.3) is 6.08 Å². The van der Waals surface area contributed by atoms with Gasteiger partial charge >= 0.3 is 0 Å². The molecule has 27 heavy (non-hydrogen) atoms. The van der Waals surface area contributed by atoms with Crippen molar-refractivity contribution in [1.29, 1.82) is 0 Å². The highest BCUT2D eigenvalue weighted by Gasteiger charge is 2.28. The number of hydrogen-bond donors (Lipinski definition) is 0. The van der Waals surface area contributed by atoms with E-state index in [1.165, 1.54) is 22.9 Å².